The van der Waals surface area contributed by atoms with Gasteiger partial charge < -0.3 is 10.1 Å². The highest BCUT2D eigenvalue weighted by Gasteiger charge is 2.23. The molecule has 0 radical (unpaired) electrons. The van der Waals surface area contributed by atoms with Gasteiger partial charge in [-0.05, 0) is 59.0 Å². The lowest BCUT2D eigenvalue weighted by Gasteiger charge is -2.12. The fraction of sp³-hybridized carbons (Fsp3) is 0.250. The van der Waals surface area contributed by atoms with E-state index in [9.17, 15) is 13.2 Å². The first-order valence-corrected chi connectivity index (χ1v) is 12.0. The largest absolute Gasteiger partial charge is 0.488 e. The summed E-state index contributed by atoms with van der Waals surface area (Å²) in [5, 5.41) is 2.96. The van der Waals surface area contributed by atoms with Crippen LogP contribution in [-0.4, -0.2) is 38.2 Å². The van der Waals surface area contributed by atoms with Crippen molar-refractivity contribution in [2.45, 2.75) is 30.3 Å². The van der Waals surface area contributed by atoms with Crippen LogP contribution in [0.4, 0.5) is 0 Å². The van der Waals surface area contributed by atoms with E-state index in [1.165, 1.54) is 6.26 Å². The zero-order valence-corrected chi connectivity index (χ0v) is 18.1. The molecule has 7 heteroatoms. The lowest BCUT2D eigenvalue weighted by atomic mass is 10.0. The topological polar surface area (TPSA) is 85.4 Å². The SMILES string of the molecule is CS(=O)(=O)c1ccc(-c2ccc3c(c2)C[C@@H](CNC(=O)CCc2cccnc2)O3)cc1. The summed E-state index contributed by atoms with van der Waals surface area (Å²) in [6.07, 6.45) is 6.39. The van der Waals surface area contributed by atoms with E-state index >= 15 is 0 Å². The van der Waals surface area contributed by atoms with Crippen LogP contribution in [0.25, 0.3) is 11.1 Å². The number of rotatable bonds is 7. The molecule has 0 aliphatic carbocycles. The first-order chi connectivity index (χ1) is 14.9. The van der Waals surface area contributed by atoms with Crippen LogP contribution in [0.5, 0.6) is 5.75 Å². The number of nitrogens with one attached hydrogen (secondary N) is 1. The molecule has 1 aliphatic rings. The van der Waals surface area contributed by atoms with Crippen LogP contribution in [-0.2, 0) is 27.5 Å². The zero-order valence-electron chi connectivity index (χ0n) is 17.2. The zero-order chi connectivity index (χ0) is 21.8. The van der Waals surface area contributed by atoms with Crippen molar-refractivity contribution in [2.24, 2.45) is 0 Å². The first-order valence-electron chi connectivity index (χ1n) is 10.1. The molecule has 1 amide bonds. The van der Waals surface area contributed by atoms with E-state index in [1.54, 1.807) is 24.5 Å². The van der Waals surface area contributed by atoms with Crippen LogP contribution in [0.1, 0.15) is 17.5 Å². The first kappa shape index (κ1) is 21.1. The molecule has 1 N–H and O–H groups in total. The molecule has 0 fully saturated rings. The highest BCUT2D eigenvalue weighted by atomic mass is 32.2. The monoisotopic (exact) mass is 436 g/mol. The third kappa shape index (κ3) is 5.30. The summed E-state index contributed by atoms with van der Waals surface area (Å²) < 4.78 is 29.3. The molecule has 0 spiro atoms. The van der Waals surface area contributed by atoms with Crippen LogP contribution in [0.2, 0.25) is 0 Å². The Labute approximate surface area is 182 Å². The van der Waals surface area contributed by atoms with Crippen molar-refractivity contribution in [3.8, 4) is 16.9 Å². The number of aromatic nitrogens is 1. The molecule has 0 saturated carbocycles. The van der Waals surface area contributed by atoms with Crippen molar-refractivity contribution in [2.75, 3.05) is 12.8 Å². The van der Waals surface area contributed by atoms with E-state index in [4.69, 9.17) is 4.74 Å². The van der Waals surface area contributed by atoms with Crippen LogP contribution < -0.4 is 10.1 Å². The van der Waals surface area contributed by atoms with E-state index in [-0.39, 0.29) is 12.0 Å². The molecule has 0 unspecified atom stereocenters. The maximum absolute atomic E-state index is 12.2. The quantitative estimate of drug-likeness (QED) is 0.615. The van der Waals surface area contributed by atoms with Crippen molar-refractivity contribution in [1.82, 2.24) is 10.3 Å². The van der Waals surface area contributed by atoms with Gasteiger partial charge in [0.1, 0.15) is 11.9 Å². The van der Waals surface area contributed by atoms with Crippen LogP contribution in [0, 0.1) is 0 Å². The molecular weight excluding hydrogens is 412 g/mol. The molecule has 1 aromatic heterocycles. The fourth-order valence-electron chi connectivity index (χ4n) is 3.63. The predicted octanol–water partition coefficient (Wildman–Crippen LogP) is 3.20. The predicted molar refractivity (Wildman–Crippen MR) is 119 cm³/mol. The number of amides is 1. The summed E-state index contributed by atoms with van der Waals surface area (Å²) in [6, 6.07) is 16.7. The fourth-order valence-corrected chi connectivity index (χ4v) is 4.26. The van der Waals surface area contributed by atoms with Gasteiger partial charge in [-0.2, -0.15) is 0 Å². The molecule has 31 heavy (non-hydrogen) atoms. The smallest absolute Gasteiger partial charge is 0.220 e. The van der Waals surface area contributed by atoms with Crippen LogP contribution >= 0.6 is 0 Å². The second kappa shape index (κ2) is 8.89. The maximum Gasteiger partial charge on any atom is 0.220 e. The number of hydrogen-bond donors (Lipinski definition) is 1. The van der Waals surface area contributed by atoms with E-state index in [0.717, 1.165) is 28.0 Å². The van der Waals surface area contributed by atoms with E-state index in [2.05, 4.69) is 16.4 Å². The lowest BCUT2D eigenvalue weighted by molar-refractivity contribution is -0.121. The number of fused-ring (bicyclic) bond motifs is 1. The minimum atomic E-state index is -3.21. The number of aryl methyl sites for hydroxylation is 1. The number of nitrogens with zero attached hydrogens (tertiary/aromatic N) is 1. The van der Waals surface area contributed by atoms with Gasteiger partial charge >= 0.3 is 0 Å². The standard InChI is InChI=1S/C24H24N2O4S/c1-31(28,29)22-8-5-18(6-9-22)19-7-10-23-20(13-19)14-21(30-23)16-26-24(27)11-4-17-3-2-12-25-15-17/h2-3,5-10,12-13,15,21H,4,11,14,16H2,1H3,(H,26,27)/t21-/m0/s1. The Kier molecular flexibility index (Phi) is 6.04. The Morgan fingerprint density at radius 1 is 1.13 bits per heavy atom. The van der Waals surface area contributed by atoms with Gasteiger partial charge in [0.25, 0.3) is 0 Å². The Balaban J connectivity index is 1.32. The molecular formula is C24H24N2O4S. The minimum absolute atomic E-state index is 0.00457. The normalized spacial score (nSPS) is 15.2. The third-order valence-electron chi connectivity index (χ3n) is 5.31. The number of benzene rings is 2. The Morgan fingerprint density at radius 2 is 1.90 bits per heavy atom. The van der Waals surface area contributed by atoms with Crippen LogP contribution in [0.3, 0.4) is 0 Å². The molecule has 6 nitrogen and oxygen atoms in total. The number of hydrogen-bond acceptors (Lipinski definition) is 5. The summed E-state index contributed by atoms with van der Waals surface area (Å²) in [4.78, 5) is 16.5. The van der Waals surface area contributed by atoms with Gasteiger partial charge in [0, 0.05) is 31.5 Å². The van der Waals surface area contributed by atoms with Gasteiger partial charge in [0.15, 0.2) is 9.84 Å². The molecule has 0 bridgehead atoms. The van der Waals surface area contributed by atoms with Gasteiger partial charge in [0.2, 0.25) is 5.91 Å². The molecule has 4 rings (SSSR count). The highest BCUT2D eigenvalue weighted by molar-refractivity contribution is 7.90. The Morgan fingerprint density at radius 3 is 2.61 bits per heavy atom. The molecule has 1 atom stereocenters. The van der Waals surface area contributed by atoms with E-state index in [1.807, 2.05) is 36.4 Å². The summed E-state index contributed by atoms with van der Waals surface area (Å²) in [5.41, 5.74) is 4.07. The van der Waals surface area contributed by atoms with Crippen molar-refractivity contribution in [3.05, 3.63) is 78.1 Å². The summed E-state index contributed by atoms with van der Waals surface area (Å²) in [6.45, 7) is 0.457. The number of carbonyl (C=O) groups excluding carboxylic acids is 1. The van der Waals surface area contributed by atoms with Gasteiger partial charge in [-0.1, -0.05) is 24.3 Å². The number of ether oxygens (including phenoxy) is 1. The Bertz CT molecular complexity index is 1180. The number of carbonyl (C=O) groups is 1. The van der Waals surface area contributed by atoms with Crippen LogP contribution in [0.15, 0.2) is 71.9 Å². The van der Waals surface area contributed by atoms with Gasteiger partial charge in [-0.25, -0.2) is 8.42 Å². The molecule has 2 aromatic carbocycles. The van der Waals surface area contributed by atoms with E-state index < -0.39 is 9.84 Å². The number of sulfone groups is 1. The van der Waals surface area contributed by atoms with Crippen molar-refractivity contribution >= 4 is 15.7 Å². The molecule has 160 valence electrons. The number of pyridine rings is 1. The summed E-state index contributed by atoms with van der Waals surface area (Å²) in [7, 11) is -3.21. The van der Waals surface area contributed by atoms with Crippen molar-refractivity contribution in [3.63, 3.8) is 0 Å². The molecule has 1 aliphatic heterocycles. The molecule has 3 aromatic rings. The lowest BCUT2D eigenvalue weighted by Crippen LogP contribution is -2.34. The second-order valence-corrected chi connectivity index (χ2v) is 9.74. The Hall–Kier alpha value is -3.19. The average molecular weight is 437 g/mol. The minimum Gasteiger partial charge on any atom is -0.488 e. The van der Waals surface area contributed by atoms with Crippen molar-refractivity contribution in [1.29, 1.82) is 0 Å². The highest BCUT2D eigenvalue weighted by Crippen LogP contribution is 2.33. The molecule has 2 heterocycles. The second-order valence-electron chi connectivity index (χ2n) is 7.73. The summed E-state index contributed by atoms with van der Waals surface area (Å²) >= 11 is 0. The summed E-state index contributed by atoms with van der Waals surface area (Å²) in [5.74, 6) is 0.821. The van der Waals surface area contributed by atoms with E-state index in [0.29, 0.717) is 30.7 Å². The van der Waals surface area contributed by atoms with Gasteiger partial charge in [0.05, 0.1) is 11.4 Å². The van der Waals surface area contributed by atoms with Gasteiger partial charge in [-0.3, -0.25) is 9.78 Å². The average Bonchev–Trinajstić information content (AvgIpc) is 3.19. The van der Waals surface area contributed by atoms with Gasteiger partial charge in [-0.15, -0.1) is 0 Å². The third-order valence-corrected chi connectivity index (χ3v) is 6.44. The molecule has 0 saturated heterocycles. The maximum atomic E-state index is 12.2. The van der Waals surface area contributed by atoms with Crippen molar-refractivity contribution < 1.29 is 17.9 Å².